The van der Waals surface area contributed by atoms with E-state index in [0.29, 0.717) is 22.5 Å². The van der Waals surface area contributed by atoms with Crippen LogP contribution in [0.15, 0.2) is 66.7 Å². The number of nitrogens with zero attached hydrogens (tertiary/aromatic N) is 1. The maximum absolute atomic E-state index is 13.3. The number of piperidine rings is 1. The Labute approximate surface area is 248 Å². The van der Waals surface area contributed by atoms with Gasteiger partial charge in [0, 0.05) is 28.2 Å². The summed E-state index contributed by atoms with van der Waals surface area (Å²) < 4.78 is 0. The van der Waals surface area contributed by atoms with Gasteiger partial charge in [0.2, 0.25) is 11.8 Å². The first-order valence-corrected chi connectivity index (χ1v) is 14.9. The number of aryl methyl sites for hydroxylation is 1. The van der Waals surface area contributed by atoms with E-state index in [9.17, 15) is 9.59 Å². The smallest absolute Gasteiger partial charge is 0.232 e. The molecule has 1 heterocycles. The van der Waals surface area contributed by atoms with Gasteiger partial charge in [-0.25, -0.2) is 0 Å². The van der Waals surface area contributed by atoms with Gasteiger partial charge in [-0.05, 0) is 110 Å². The number of anilines is 1. The lowest BCUT2D eigenvalue weighted by molar-refractivity contribution is -0.121. The first kappa shape index (κ1) is 30.1. The molecule has 0 unspecified atom stereocenters. The largest absolute Gasteiger partial charge is 0.355 e. The van der Waals surface area contributed by atoms with Crippen molar-refractivity contribution >= 4 is 40.7 Å². The summed E-state index contributed by atoms with van der Waals surface area (Å²) in [7, 11) is 0. The predicted octanol–water partition coefficient (Wildman–Crippen LogP) is 7.41. The van der Waals surface area contributed by atoms with Crippen LogP contribution in [0.2, 0.25) is 10.0 Å². The van der Waals surface area contributed by atoms with Crippen molar-refractivity contribution in [2.24, 2.45) is 5.92 Å². The second-order valence-electron chi connectivity index (χ2n) is 11.0. The first-order chi connectivity index (χ1) is 19.2. The van der Waals surface area contributed by atoms with Crippen molar-refractivity contribution in [1.82, 2.24) is 10.2 Å². The Balaban J connectivity index is 1.27. The molecule has 3 aromatic carbocycles. The third-order valence-corrected chi connectivity index (χ3v) is 8.22. The number of likely N-dealkylation sites (tertiary alicyclic amines) is 1. The molecule has 212 valence electrons. The standard InChI is InChI=1S/C33H39Cl2N3O2/c1-22(2)32(39)37-29-14-5-23(3)30(21-29)24-15-19-38(20-16-24)18-4-17-36-33(40)31(25-6-10-27(34)11-7-25)26-8-12-28(35)13-9-26/h5-14,21-22,24,31H,4,15-20H2,1-3H3,(H,36,40)(H,37,39). The Morgan fingerprint density at radius 3 is 2.00 bits per heavy atom. The fraction of sp³-hybridized carbons (Fsp3) is 0.394. The van der Waals surface area contributed by atoms with Crippen LogP contribution in [0.3, 0.4) is 0 Å². The van der Waals surface area contributed by atoms with E-state index >= 15 is 0 Å². The van der Waals surface area contributed by atoms with Crippen LogP contribution in [0.25, 0.3) is 0 Å². The zero-order chi connectivity index (χ0) is 28.6. The van der Waals surface area contributed by atoms with Gasteiger partial charge >= 0.3 is 0 Å². The predicted molar refractivity (Wildman–Crippen MR) is 165 cm³/mol. The second-order valence-corrected chi connectivity index (χ2v) is 11.9. The van der Waals surface area contributed by atoms with Crippen molar-refractivity contribution in [2.75, 3.05) is 31.5 Å². The lowest BCUT2D eigenvalue weighted by atomic mass is 9.86. The Bertz CT molecular complexity index is 1240. The van der Waals surface area contributed by atoms with Gasteiger partial charge in [0.15, 0.2) is 0 Å². The van der Waals surface area contributed by atoms with Crippen LogP contribution in [-0.2, 0) is 9.59 Å². The molecular formula is C33H39Cl2N3O2. The van der Waals surface area contributed by atoms with E-state index in [1.54, 1.807) is 0 Å². The van der Waals surface area contributed by atoms with Crippen molar-refractivity contribution in [3.63, 3.8) is 0 Å². The van der Waals surface area contributed by atoms with E-state index in [-0.39, 0.29) is 17.7 Å². The molecule has 40 heavy (non-hydrogen) atoms. The molecule has 0 saturated carbocycles. The van der Waals surface area contributed by atoms with Crippen LogP contribution in [-0.4, -0.2) is 42.9 Å². The molecule has 1 saturated heterocycles. The van der Waals surface area contributed by atoms with Crippen molar-refractivity contribution in [2.45, 2.75) is 51.9 Å². The molecule has 0 radical (unpaired) electrons. The fourth-order valence-electron chi connectivity index (χ4n) is 5.33. The Kier molecular flexibility index (Phi) is 10.7. The minimum atomic E-state index is -0.422. The molecule has 1 aliphatic heterocycles. The molecule has 0 aromatic heterocycles. The van der Waals surface area contributed by atoms with Gasteiger partial charge in [0.1, 0.15) is 0 Å². The quantitative estimate of drug-likeness (QED) is 0.246. The van der Waals surface area contributed by atoms with E-state index < -0.39 is 5.92 Å². The maximum atomic E-state index is 13.3. The van der Waals surface area contributed by atoms with E-state index in [0.717, 1.165) is 55.7 Å². The third-order valence-electron chi connectivity index (χ3n) is 7.72. The Morgan fingerprint density at radius 1 is 0.875 bits per heavy atom. The summed E-state index contributed by atoms with van der Waals surface area (Å²) in [6, 6.07) is 21.1. The number of hydrogen-bond donors (Lipinski definition) is 2. The molecule has 2 amide bonds. The van der Waals surface area contributed by atoms with E-state index in [4.69, 9.17) is 23.2 Å². The van der Waals surface area contributed by atoms with Gasteiger partial charge in [-0.2, -0.15) is 0 Å². The number of carbonyl (C=O) groups excluding carboxylic acids is 2. The van der Waals surface area contributed by atoms with Gasteiger partial charge in [0.25, 0.3) is 0 Å². The molecule has 0 bridgehead atoms. The van der Waals surface area contributed by atoms with Crippen LogP contribution in [0.5, 0.6) is 0 Å². The zero-order valence-corrected chi connectivity index (χ0v) is 25.1. The van der Waals surface area contributed by atoms with E-state index in [1.807, 2.05) is 68.4 Å². The minimum absolute atomic E-state index is 0.0248. The molecule has 5 nitrogen and oxygen atoms in total. The fourth-order valence-corrected chi connectivity index (χ4v) is 5.59. The van der Waals surface area contributed by atoms with Crippen LogP contribution < -0.4 is 10.6 Å². The number of nitrogens with one attached hydrogen (secondary N) is 2. The number of halogens is 2. The van der Waals surface area contributed by atoms with Crippen LogP contribution in [0.4, 0.5) is 5.69 Å². The van der Waals surface area contributed by atoms with Gasteiger partial charge in [-0.3, -0.25) is 9.59 Å². The summed E-state index contributed by atoms with van der Waals surface area (Å²) in [5, 5.41) is 7.48. The van der Waals surface area contributed by atoms with Gasteiger partial charge < -0.3 is 15.5 Å². The van der Waals surface area contributed by atoms with Crippen molar-refractivity contribution < 1.29 is 9.59 Å². The van der Waals surface area contributed by atoms with Crippen molar-refractivity contribution in [3.05, 3.63) is 99.0 Å². The van der Waals surface area contributed by atoms with Crippen molar-refractivity contribution in [3.8, 4) is 0 Å². The van der Waals surface area contributed by atoms with Crippen LogP contribution in [0, 0.1) is 12.8 Å². The molecule has 1 fully saturated rings. The lowest BCUT2D eigenvalue weighted by Crippen LogP contribution is -2.36. The van der Waals surface area contributed by atoms with Gasteiger partial charge in [-0.15, -0.1) is 0 Å². The molecule has 0 atom stereocenters. The molecule has 3 aromatic rings. The highest BCUT2D eigenvalue weighted by Crippen LogP contribution is 2.32. The molecule has 2 N–H and O–H groups in total. The van der Waals surface area contributed by atoms with E-state index in [1.165, 1.54) is 11.1 Å². The van der Waals surface area contributed by atoms with Gasteiger partial charge in [-0.1, -0.05) is 67.4 Å². The molecule has 4 rings (SSSR count). The first-order valence-electron chi connectivity index (χ1n) is 14.1. The third kappa shape index (κ3) is 8.09. The molecule has 7 heteroatoms. The molecule has 0 spiro atoms. The zero-order valence-electron chi connectivity index (χ0n) is 23.6. The number of amides is 2. The monoisotopic (exact) mass is 579 g/mol. The van der Waals surface area contributed by atoms with Crippen LogP contribution >= 0.6 is 23.2 Å². The molecule has 1 aliphatic rings. The summed E-state index contributed by atoms with van der Waals surface area (Å²) in [5.41, 5.74) is 5.29. The second kappa shape index (κ2) is 14.2. The number of hydrogen-bond acceptors (Lipinski definition) is 3. The Hall–Kier alpha value is -2.86. The highest BCUT2D eigenvalue weighted by molar-refractivity contribution is 6.30. The highest BCUT2D eigenvalue weighted by atomic mass is 35.5. The number of benzene rings is 3. The summed E-state index contributed by atoms with van der Waals surface area (Å²) in [5.74, 6) is 0.0483. The van der Waals surface area contributed by atoms with E-state index in [2.05, 4.69) is 34.6 Å². The minimum Gasteiger partial charge on any atom is -0.355 e. The summed E-state index contributed by atoms with van der Waals surface area (Å²) in [4.78, 5) is 27.9. The molecule has 0 aliphatic carbocycles. The summed E-state index contributed by atoms with van der Waals surface area (Å²) in [6.07, 6.45) is 3.06. The maximum Gasteiger partial charge on any atom is 0.232 e. The Morgan fingerprint density at radius 2 is 1.45 bits per heavy atom. The van der Waals surface area contributed by atoms with Crippen molar-refractivity contribution in [1.29, 1.82) is 0 Å². The number of carbonyl (C=O) groups is 2. The average Bonchev–Trinajstić information content (AvgIpc) is 2.94. The topological polar surface area (TPSA) is 61.4 Å². The van der Waals surface area contributed by atoms with Gasteiger partial charge in [0.05, 0.1) is 5.92 Å². The normalized spacial score (nSPS) is 14.5. The van der Waals surface area contributed by atoms with Crippen LogP contribution in [0.1, 0.15) is 67.2 Å². The SMILES string of the molecule is Cc1ccc(NC(=O)C(C)C)cc1C1CCN(CCCNC(=O)C(c2ccc(Cl)cc2)c2ccc(Cl)cc2)CC1. The molecular weight excluding hydrogens is 541 g/mol. The summed E-state index contributed by atoms with van der Waals surface area (Å²) in [6.45, 7) is 9.58. The average molecular weight is 581 g/mol. The number of rotatable bonds is 10. The lowest BCUT2D eigenvalue weighted by Gasteiger charge is -2.33. The summed E-state index contributed by atoms with van der Waals surface area (Å²) >= 11 is 12.2. The highest BCUT2D eigenvalue weighted by Gasteiger charge is 2.24.